The number of nitrogens with zero attached hydrogens (tertiary/aromatic N) is 2. The van der Waals surface area contributed by atoms with Crippen LogP contribution in [0.4, 0.5) is 0 Å². The minimum Gasteiger partial charge on any atom is -0.318 e. The van der Waals surface area contributed by atoms with Crippen molar-refractivity contribution in [2.24, 2.45) is 10.3 Å². The molecule has 16 heavy (non-hydrogen) atoms. The Kier molecular flexibility index (Phi) is 4.14. The summed E-state index contributed by atoms with van der Waals surface area (Å²) in [4.78, 5) is 29.8. The molecule has 0 fully saturated rings. The van der Waals surface area contributed by atoms with E-state index in [0.717, 1.165) is 0 Å². The number of carbonyl (C=O) groups is 2. The van der Waals surface area contributed by atoms with Gasteiger partial charge in [0.05, 0.1) is 0 Å². The number of hydrogen-bond donors (Lipinski definition) is 0. The van der Waals surface area contributed by atoms with E-state index in [0.29, 0.717) is 11.4 Å². The fourth-order valence-corrected chi connectivity index (χ4v) is 0.808. The van der Waals surface area contributed by atoms with Crippen LogP contribution >= 0.6 is 0 Å². The predicted octanol–water partition coefficient (Wildman–Crippen LogP) is 0.951. The van der Waals surface area contributed by atoms with Gasteiger partial charge in [0.1, 0.15) is 11.4 Å². The molecule has 0 aromatic carbocycles. The van der Waals surface area contributed by atoms with Crippen molar-refractivity contribution in [2.75, 3.05) is 0 Å². The van der Waals surface area contributed by atoms with Crippen LogP contribution in [0.3, 0.4) is 0 Å². The number of allylic oxidation sites excluding steroid dienone is 4. The van der Waals surface area contributed by atoms with Crippen molar-refractivity contribution in [3.05, 3.63) is 24.3 Å². The van der Waals surface area contributed by atoms with Gasteiger partial charge >= 0.3 is 11.9 Å². The van der Waals surface area contributed by atoms with Crippen LogP contribution in [0.1, 0.15) is 13.8 Å². The molecule has 84 valence electrons. The van der Waals surface area contributed by atoms with Crippen LogP contribution in [0.25, 0.3) is 0 Å². The lowest BCUT2D eigenvalue weighted by molar-refractivity contribution is -0.141. The zero-order valence-corrected chi connectivity index (χ0v) is 8.84. The Labute approximate surface area is 91.9 Å². The molecule has 0 spiro atoms. The molecule has 0 aromatic heterocycles. The van der Waals surface area contributed by atoms with Gasteiger partial charge in [-0.3, -0.25) is 0 Å². The molecule has 0 aromatic rings. The van der Waals surface area contributed by atoms with E-state index >= 15 is 0 Å². The van der Waals surface area contributed by atoms with E-state index in [2.05, 4.69) is 20.0 Å². The first kappa shape index (κ1) is 11.8. The summed E-state index contributed by atoms with van der Waals surface area (Å²) in [5.74, 6) is -0.984. The lowest BCUT2D eigenvalue weighted by atomic mass is 10.1. The van der Waals surface area contributed by atoms with E-state index in [1.54, 1.807) is 24.3 Å². The van der Waals surface area contributed by atoms with Crippen LogP contribution in [0.5, 0.6) is 0 Å². The summed E-state index contributed by atoms with van der Waals surface area (Å²) in [5, 5.41) is 7.09. The number of oxime groups is 2. The summed E-state index contributed by atoms with van der Waals surface area (Å²) in [5.41, 5.74) is 0.939. The Morgan fingerprint density at radius 3 is 1.44 bits per heavy atom. The van der Waals surface area contributed by atoms with E-state index < -0.39 is 11.9 Å². The molecule has 1 rings (SSSR count). The monoisotopic (exact) mass is 222 g/mol. The van der Waals surface area contributed by atoms with Crippen molar-refractivity contribution in [3.8, 4) is 0 Å². The molecule has 1 aliphatic carbocycles. The Balaban J connectivity index is 2.59. The van der Waals surface area contributed by atoms with E-state index in [4.69, 9.17) is 0 Å². The zero-order valence-electron chi connectivity index (χ0n) is 8.84. The van der Waals surface area contributed by atoms with Gasteiger partial charge < -0.3 is 9.68 Å². The highest BCUT2D eigenvalue weighted by molar-refractivity contribution is 6.18. The minimum absolute atomic E-state index is 0.469. The number of hydrogen-bond acceptors (Lipinski definition) is 6. The van der Waals surface area contributed by atoms with Crippen LogP contribution in [0.2, 0.25) is 0 Å². The molecular formula is C10H10N2O4. The molecule has 0 aliphatic heterocycles. The fourth-order valence-electron chi connectivity index (χ4n) is 0.808. The maximum absolute atomic E-state index is 10.5. The quantitative estimate of drug-likeness (QED) is 0.396. The summed E-state index contributed by atoms with van der Waals surface area (Å²) >= 11 is 0. The van der Waals surface area contributed by atoms with E-state index in [1.165, 1.54) is 13.8 Å². The van der Waals surface area contributed by atoms with Crippen LogP contribution in [-0.4, -0.2) is 23.4 Å². The Bertz CT molecular complexity index is 363. The molecule has 6 heteroatoms. The molecule has 0 amide bonds. The van der Waals surface area contributed by atoms with E-state index in [-0.39, 0.29) is 0 Å². The maximum Gasteiger partial charge on any atom is 0.331 e. The zero-order chi connectivity index (χ0) is 12.0. The van der Waals surface area contributed by atoms with Crippen molar-refractivity contribution < 1.29 is 19.3 Å². The SMILES string of the molecule is CC(=O)ON=C1C=CC(=NOC(C)=O)C=C1. The first-order chi connectivity index (χ1) is 7.58. The molecule has 0 bridgehead atoms. The molecule has 0 atom stereocenters. The second-order valence-corrected chi connectivity index (χ2v) is 2.86. The van der Waals surface area contributed by atoms with Crippen LogP contribution in [0.15, 0.2) is 34.6 Å². The molecule has 0 radical (unpaired) electrons. The van der Waals surface area contributed by atoms with Gasteiger partial charge in [-0.05, 0) is 24.3 Å². The average Bonchev–Trinajstić information content (AvgIpc) is 2.25. The van der Waals surface area contributed by atoms with Crippen LogP contribution in [-0.2, 0) is 19.3 Å². The highest BCUT2D eigenvalue weighted by atomic mass is 16.7. The van der Waals surface area contributed by atoms with Crippen LogP contribution in [0, 0.1) is 0 Å². The summed E-state index contributed by atoms with van der Waals surface area (Å²) in [6.45, 7) is 2.52. The predicted molar refractivity (Wildman–Crippen MR) is 56.7 cm³/mol. The summed E-state index contributed by atoms with van der Waals surface area (Å²) in [7, 11) is 0. The van der Waals surface area contributed by atoms with Gasteiger partial charge in [-0.2, -0.15) is 0 Å². The highest BCUT2D eigenvalue weighted by Crippen LogP contribution is 1.99. The third-order valence-corrected chi connectivity index (χ3v) is 1.41. The lowest BCUT2D eigenvalue weighted by Crippen LogP contribution is -2.03. The lowest BCUT2D eigenvalue weighted by Gasteiger charge is -2.00. The largest absolute Gasteiger partial charge is 0.331 e. The molecule has 0 unspecified atom stereocenters. The maximum atomic E-state index is 10.5. The van der Waals surface area contributed by atoms with Gasteiger partial charge in [-0.25, -0.2) is 9.59 Å². The fraction of sp³-hybridized carbons (Fsp3) is 0.200. The number of rotatable bonds is 2. The minimum atomic E-state index is -0.492. The standard InChI is InChI=1S/C10H10N2O4/c1-7(13)15-11-9-3-5-10(6-4-9)12-16-8(2)14/h3-6H,1-2H3. The summed E-state index contributed by atoms with van der Waals surface area (Å²) in [6, 6.07) is 0. The first-order valence-electron chi connectivity index (χ1n) is 4.45. The first-order valence-corrected chi connectivity index (χ1v) is 4.45. The second kappa shape index (κ2) is 5.59. The Morgan fingerprint density at radius 2 is 1.19 bits per heavy atom. The molecule has 0 heterocycles. The Hall–Kier alpha value is -2.24. The Morgan fingerprint density at radius 1 is 0.875 bits per heavy atom. The third kappa shape index (κ3) is 4.32. The van der Waals surface area contributed by atoms with Gasteiger partial charge in [-0.1, -0.05) is 10.3 Å². The van der Waals surface area contributed by atoms with Gasteiger partial charge in [0.15, 0.2) is 0 Å². The summed E-state index contributed by atoms with van der Waals surface area (Å²) in [6.07, 6.45) is 6.30. The van der Waals surface area contributed by atoms with E-state index in [1.807, 2.05) is 0 Å². The van der Waals surface area contributed by atoms with Gasteiger partial charge in [0.25, 0.3) is 0 Å². The molecule has 0 saturated carbocycles. The molecule has 0 N–H and O–H groups in total. The van der Waals surface area contributed by atoms with Crippen molar-refractivity contribution in [3.63, 3.8) is 0 Å². The van der Waals surface area contributed by atoms with Crippen molar-refractivity contribution in [1.29, 1.82) is 0 Å². The normalized spacial score (nSPS) is 13.4. The third-order valence-electron chi connectivity index (χ3n) is 1.41. The van der Waals surface area contributed by atoms with Crippen molar-refractivity contribution >= 4 is 23.4 Å². The average molecular weight is 222 g/mol. The van der Waals surface area contributed by atoms with Gasteiger partial charge in [0, 0.05) is 13.8 Å². The van der Waals surface area contributed by atoms with Crippen molar-refractivity contribution in [1.82, 2.24) is 0 Å². The molecule has 0 saturated heterocycles. The van der Waals surface area contributed by atoms with E-state index in [9.17, 15) is 9.59 Å². The molecule has 6 nitrogen and oxygen atoms in total. The topological polar surface area (TPSA) is 77.3 Å². The van der Waals surface area contributed by atoms with Gasteiger partial charge in [0.2, 0.25) is 0 Å². The summed E-state index contributed by atoms with van der Waals surface area (Å²) < 4.78 is 0. The van der Waals surface area contributed by atoms with Crippen LogP contribution < -0.4 is 0 Å². The van der Waals surface area contributed by atoms with Crippen molar-refractivity contribution in [2.45, 2.75) is 13.8 Å². The molecular weight excluding hydrogens is 212 g/mol. The molecule has 1 aliphatic rings. The smallest absolute Gasteiger partial charge is 0.318 e. The van der Waals surface area contributed by atoms with Gasteiger partial charge in [-0.15, -0.1) is 0 Å². The second-order valence-electron chi connectivity index (χ2n) is 2.86. The highest BCUT2D eigenvalue weighted by Gasteiger charge is 2.01. The number of carbonyl (C=O) groups excluding carboxylic acids is 2.